The van der Waals surface area contributed by atoms with E-state index in [1.807, 2.05) is 0 Å². The van der Waals surface area contributed by atoms with E-state index in [0.29, 0.717) is 26.1 Å². The lowest BCUT2D eigenvalue weighted by molar-refractivity contribution is -0.141. The summed E-state index contributed by atoms with van der Waals surface area (Å²) in [6, 6.07) is 2.25. The molecular formula is C21H27F3N6O4. The van der Waals surface area contributed by atoms with E-state index in [0.717, 1.165) is 31.5 Å². The van der Waals surface area contributed by atoms with Crippen molar-refractivity contribution >= 4 is 17.9 Å². The van der Waals surface area contributed by atoms with Crippen molar-refractivity contribution in [3.8, 4) is 0 Å². The summed E-state index contributed by atoms with van der Waals surface area (Å²) in [6.45, 7) is 3.33. The number of alkyl carbamates (subject to hydrolysis) is 1. The van der Waals surface area contributed by atoms with E-state index in [1.165, 1.54) is 13.1 Å². The van der Waals surface area contributed by atoms with Gasteiger partial charge in [0.1, 0.15) is 5.69 Å². The first kappa shape index (κ1) is 25.2. The highest BCUT2D eigenvalue weighted by Gasteiger charge is 2.36. The van der Waals surface area contributed by atoms with Gasteiger partial charge in [-0.15, -0.1) is 0 Å². The van der Waals surface area contributed by atoms with Gasteiger partial charge in [0.25, 0.3) is 5.91 Å². The standard InChI is InChI=1S/C21H27F3N6O4/c1-3-20(5-9-27-19(32)33-13-14-12-15(29-34-14)17(31)25-2)6-10-30(11-7-20)18-26-8-4-16(28-18)21(22,23)24/h4,8,12H,3,5-7,9-11,13H2,1-2H3,(H,25,31)(H,27,32). The molecule has 0 aromatic carbocycles. The second-order valence-corrected chi connectivity index (χ2v) is 8.09. The number of rotatable bonds is 8. The molecule has 186 valence electrons. The normalized spacial score (nSPS) is 15.6. The van der Waals surface area contributed by atoms with Crippen molar-refractivity contribution in [2.75, 3.05) is 31.6 Å². The molecular weight excluding hydrogens is 457 g/mol. The molecule has 3 heterocycles. The predicted molar refractivity (Wildman–Crippen MR) is 114 cm³/mol. The van der Waals surface area contributed by atoms with Crippen LogP contribution >= 0.6 is 0 Å². The maximum Gasteiger partial charge on any atom is 0.433 e. The third kappa shape index (κ3) is 6.35. The van der Waals surface area contributed by atoms with E-state index >= 15 is 0 Å². The van der Waals surface area contributed by atoms with Gasteiger partial charge in [0, 0.05) is 38.9 Å². The van der Waals surface area contributed by atoms with Crippen molar-refractivity contribution in [2.45, 2.75) is 45.4 Å². The minimum Gasteiger partial charge on any atom is -0.441 e. The number of carbonyl (C=O) groups excluding carboxylic acids is 2. The number of anilines is 1. The molecule has 0 radical (unpaired) electrons. The molecule has 2 aromatic rings. The number of piperidine rings is 1. The fourth-order valence-electron chi connectivity index (χ4n) is 3.85. The molecule has 34 heavy (non-hydrogen) atoms. The zero-order valence-electron chi connectivity index (χ0n) is 18.9. The van der Waals surface area contributed by atoms with Gasteiger partial charge in [0.2, 0.25) is 5.95 Å². The molecule has 2 amide bonds. The molecule has 0 saturated carbocycles. The van der Waals surface area contributed by atoms with E-state index in [-0.39, 0.29) is 29.4 Å². The van der Waals surface area contributed by atoms with Gasteiger partial charge in [-0.1, -0.05) is 18.5 Å². The van der Waals surface area contributed by atoms with Crippen LogP contribution in [0.5, 0.6) is 0 Å². The highest BCUT2D eigenvalue weighted by Crippen LogP contribution is 2.39. The Morgan fingerprint density at radius 2 is 2.03 bits per heavy atom. The lowest BCUT2D eigenvalue weighted by atomic mass is 9.73. The summed E-state index contributed by atoms with van der Waals surface area (Å²) < 4.78 is 48.9. The average Bonchev–Trinajstić information content (AvgIpc) is 3.31. The monoisotopic (exact) mass is 484 g/mol. The topological polar surface area (TPSA) is 122 Å². The van der Waals surface area contributed by atoms with Crippen molar-refractivity contribution in [1.29, 1.82) is 0 Å². The van der Waals surface area contributed by atoms with Gasteiger partial charge in [-0.05, 0) is 30.7 Å². The van der Waals surface area contributed by atoms with Crippen LogP contribution < -0.4 is 15.5 Å². The molecule has 0 bridgehead atoms. The van der Waals surface area contributed by atoms with Crippen molar-refractivity contribution in [2.24, 2.45) is 5.41 Å². The summed E-state index contributed by atoms with van der Waals surface area (Å²) >= 11 is 0. The van der Waals surface area contributed by atoms with Crippen LogP contribution in [0.25, 0.3) is 0 Å². The van der Waals surface area contributed by atoms with Crippen LogP contribution in [0.15, 0.2) is 22.9 Å². The SMILES string of the molecule is CCC1(CCNC(=O)OCc2cc(C(=O)NC)no2)CCN(c2nccc(C(F)(F)F)n2)CC1. The third-order valence-electron chi connectivity index (χ3n) is 6.08. The molecule has 0 unspecified atom stereocenters. The molecule has 1 aliphatic heterocycles. The first-order valence-electron chi connectivity index (χ1n) is 10.9. The molecule has 0 aliphatic carbocycles. The summed E-state index contributed by atoms with van der Waals surface area (Å²) in [7, 11) is 1.46. The summed E-state index contributed by atoms with van der Waals surface area (Å²) in [6.07, 6.45) is -0.985. The Labute approximate surface area is 194 Å². The summed E-state index contributed by atoms with van der Waals surface area (Å²) in [5.41, 5.74) is -0.922. The first-order chi connectivity index (χ1) is 16.2. The van der Waals surface area contributed by atoms with Crippen LogP contribution in [0.2, 0.25) is 0 Å². The molecule has 0 atom stereocenters. The van der Waals surface area contributed by atoms with Gasteiger partial charge in [-0.3, -0.25) is 4.79 Å². The van der Waals surface area contributed by atoms with Crippen LogP contribution in [0, 0.1) is 5.41 Å². The Bertz CT molecular complexity index is 989. The molecule has 0 spiro atoms. The fraction of sp³-hybridized carbons (Fsp3) is 0.571. The number of nitrogens with zero attached hydrogens (tertiary/aromatic N) is 4. The van der Waals surface area contributed by atoms with Crippen molar-refractivity contribution in [1.82, 2.24) is 25.8 Å². The van der Waals surface area contributed by atoms with E-state index in [1.54, 1.807) is 4.90 Å². The van der Waals surface area contributed by atoms with Gasteiger partial charge in [-0.2, -0.15) is 13.2 Å². The molecule has 2 N–H and O–H groups in total. The van der Waals surface area contributed by atoms with E-state index < -0.39 is 23.9 Å². The number of ether oxygens (including phenoxy) is 1. The smallest absolute Gasteiger partial charge is 0.433 e. The number of alkyl halides is 3. The molecule has 1 aliphatic rings. The van der Waals surface area contributed by atoms with Crippen LogP contribution in [0.4, 0.5) is 23.9 Å². The number of carbonyl (C=O) groups is 2. The predicted octanol–water partition coefficient (Wildman–Crippen LogP) is 3.16. The highest BCUT2D eigenvalue weighted by molar-refractivity contribution is 5.91. The minimum atomic E-state index is -4.51. The lowest BCUT2D eigenvalue weighted by Gasteiger charge is -2.41. The van der Waals surface area contributed by atoms with Crippen LogP contribution in [-0.2, 0) is 17.5 Å². The number of hydrogen-bond donors (Lipinski definition) is 2. The summed E-state index contributed by atoms with van der Waals surface area (Å²) in [5.74, 6) is -0.0915. The third-order valence-corrected chi connectivity index (χ3v) is 6.08. The largest absolute Gasteiger partial charge is 0.441 e. The maximum atomic E-state index is 12.9. The van der Waals surface area contributed by atoms with Gasteiger partial charge in [-0.25, -0.2) is 14.8 Å². The van der Waals surface area contributed by atoms with Gasteiger partial charge < -0.3 is 24.8 Å². The second kappa shape index (κ2) is 10.7. The Morgan fingerprint density at radius 3 is 2.68 bits per heavy atom. The molecule has 10 nitrogen and oxygen atoms in total. The van der Waals surface area contributed by atoms with Gasteiger partial charge in [0.15, 0.2) is 18.1 Å². The Hall–Kier alpha value is -3.38. The highest BCUT2D eigenvalue weighted by atomic mass is 19.4. The first-order valence-corrected chi connectivity index (χ1v) is 10.9. The van der Waals surface area contributed by atoms with Crippen molar-refractivity contribution < 1.29 is 32.0 Å². The van der Waals surface area contributed by atoms with Crippen molar-refractivity contribution in [3.63, 3.8) is 0 Å². The number of nitrogens with one attached hydrogen (secondary N) is 2. The number of amides is 2. The molecule has 3 rings (SSSR count). The quantitative estimate of drug-likeness (QED) is 0.586. The van der Waals surface area contributed by atoms with E-state index in [4.69, 9.17) is 9.26 Å². The number of aromatic nitrogens is 3. The molecule has 2 aromatic heterocycles. The zero-order valence-corrected chi connectivity index (χ0v) is 18.9. The summed E-state index contributed by atoms with van der Waals surface area (Å²) in [5, 5.41) is 8.70. The van der Waals surface area contributed by atoms with Crippen molar-refractivity contribution in [3.05, 3.63) is 35.5 Å². The molecule has 13 heteroatoms. The second-order valence-electron chi connectivity index (χ2n) is 8.09. The Balaban J connectivity index is 1.44. The average molecular weight is 484 g/mol. The van der Waals surface area contributed by atoms with Crippen LogP contribution in [0.3, 0.4) is 0 Å². The van der Waals surface area contributed by atoms with E-state index in [2.05, 4.69) is 32.7 Å². The van der Waals surface area contributed by atoms with Crippen LogP contribution in [0.1, 0.15) is 54.5 Å². The molecule has 1 saturated heterocycles. The Kier molecular flexibility index (Phi) is 7.94. The number of hydrogen-bond acceptors (Lipinski definition) is 8. The van der Waals surface area contributed by atoms with Crippen LogP contribution in [-0.4, -0.2) is 53.8 Å². The molecule has 1 fully saturated rings. The van der Waals surface area contributed by atoms with Gasteiger partial charge >= 0.3 is 12.3 Å². The fourth-order valence-corrected chi connectivity index (χ4v) is 3.85. The van der Waals surface area contributed by atoms with E-state index in [9.17, 15) is 22.8 Å². The zero-order chi connectivity index (χ0) is 24.8. The number of halogens is 3. The summed E-state index contributed by atoms with van der Waals surface area (Å²) in [4.78, 5) is 32.9. The minimum absolute atomic E-state index is 0.0568. The Morgan fingerprint density at radius 1 is 1.29 bits per heavy atom. The maximum absolute atomic E-state index is 12.9. The van der Waals surface area contributed by atoms with Gasteiger partial charge in [0.05, 0.1) is 0 Å². The lowest BCUT2D eigenvalue weighted by Crippen LogP contribution is -2.42.